The van der Waals surface area contributed by atoms with E-state index in [-0.39, 0.29) is 0 Å². The highest BCUT2D eigenvalue weighted by molar-refractivity contribution is 5.25. The molecule has 2 N–H and O–H groups in total. The molecule has 0 saturated heterocycles. The fourth-order valence-corrected chi connectivity index (χ4v) is 1.80. The van der Waals surface area contributed by atoms with E-state index in [0.29, 0.717) is 6.54 Å². The minimum absolute atomic E-state index is 0.506. The largest absolute Gasteiger partial charge is 0.361 e. The van der Waals surface area contributed by atoms with Crippen LogP contribution in [0.3, 0.4) is 0 Å². The zero-order valence-corrected chi connectivity index (χ0v) is 7.34. The van der Waals surface area contributed by atoms with Crippen LogP contribution in [-0.2, 0) is 19.4 Å². The van der Waals surface area contributed by atoms with Crippen molar-refractivity contribution < 1.29 is 4.52 Å². The van der Waals surface area contributed by atoms with Gasteiger partial charge in [0.25, 0.3) is 0 Å². The predicted molar refractivity (Wildman–Crippen MR) is 45.6 cm³/mol. The minimum Gasteiger partial charge on any atom is -0.361 e. The topological polar surface area (TPSA) is 52.0 Å². The van der Waals surface area contributed by atoms with E-state index in [0.717, 1.165) is 30.2 Å². The van der Waals surface area contributed by atoms with Crippen LogP contribution in [-0.4, -0.2) is 5.16 Å². The maximum absolute atomic E-state index is 5.54. The number of aryl methyl sites for hydroxylation is 1. The number of nitrogens with zero attached hydrogens (tertiary/aromatic N) is 1. The summed E-state index contributed by atoms with van der Waals surface area (Å²) in [7, 11) is 0. The van der Waals surface area contributed by atoms with E-state index in [1.807, 2.05) is 0 Å². The van der Waals surface area contributed by atoms with Crippen LogP contribution in [0.1, 0.15) is 30.4 Å². The highest BCUT2D eigenvalue weighted by atomic mass is 16.5. The fourth-order valence-electron chi connectivity index (χ4n) is 1.80. The van der Waals surface area contributed by atoms with Gasteiger partial charge >= 0.3 is 0 Å². The monoisotopic (exact) mass is 166 g/mol. The fraction of sp³-hybridized carbons (Fsp3) is 0.667. The molecule has 1 aliphatic carbocycles. The van der Waals surface area contributed by atoms with E-state index < -0.39 is 0 Å². The van der Waals surface area contributed by atoms with E-state index >= 15 is 0 Å². The Kier molecular flexibility index (Phi) is 1.89. The molecule has 1 atom stereocenters. The molecule has 0 fully saturated rings. The van der Waals surface area contributed by atoms with Gasteiger partial charge in [-0.1, -0.05) is 12.1 Å². The third-order valence-corrected chi connectivity index (χ3v) is 2.56. The lowest BCUT2D eigenvalue weighted by Gasteiger charge is -2.16. The number of nitrogens with two attached hydrogens (primary N) is 1. The summed E-state index contributed by atoms with van der Waals surface area (Å²) in [6, 6.07) is 0. The molecular weight excluding hydrogens is 152 g/mol. The first kappa shape index (κ1) is 7.80. The zero-order chi connectivity index (χ0) is 8.55. The van der Waals surface area contributed by atoms with Gasteiger partial charge in [0.2, 0.25) is 0 Å². The first-order valence-electron chi connectivity index (χ1n) is 4.47. The summed E-state index contributed by atoms with van der Waals surface area (Å²) in [6.07, 6.45) is 3.33. The summed E-state index contributed by atoms with van der Waals surface area (Å²) in [5.74, 6) is 1.82. The summed E-state index contributed by atoms with van der Waals surface area (Å²) in [5, 5.41) is 3.95. The molecule has 3 heteroatoms. The number of hydrogen-bond acceptors (Lipinski definition) is 3. The molecule has 0 spiro atoms. The van der Waals surface area contributed by atoms with E-state index in [9.17, 15) is 0 Å². The van der Waals surface area contributed by atoms with Crippen molar-refractivity contribution in [2.45, 2.75) is 32.7 Å². The summed E-state index contributed by atoms with van der Waals surface area (Å²) < 4.78 is 5.20. The molecule has 1 heterocycles. The van der Waals surface area contributed by atoms with Crippen molar-refractivity contribution in [3.05, 3.63) is 17.0 Å². The molecule has 2 rings (SSSR count). The summed E-state index contributed by atoms with van der Waals surface area (Å²) in [5.41, 5.74) is 7.77. The van der Waals surface area contributed by atoms with Crippen LogP contribution in [0, 0.1) is 5.92 Å². The van der Waals surface area contributed by atoms with E-state index in [2.05, 4.69) is 12.1 Å². The van der Waals surface area contributed by atoms with Gasteiger partial charge < -0.3 is 10.3 Å². The first-order chi connectivity index (χ1) is 5.81. The predicted octanol–water partition coefficient (Wildman–Crippen LogP) is 1.26. The van der Waals surface area contributed by atoms with Crippen molar-refractivity contribution >= 4 is 0 Å². The smallest absolute Gasteiger partial charge is 0.140 e. The van der Waals surface area contributed by atoms with Crippen LogP contribution in [0.4, 0.5) is 0 Å². The zero-order valence-electron chi connectivity index (χ0n) is 7.34. The Hall–Kier alpha value is -0.830. The Bertz CT molecular complexity index is 267. The molecule has 1 aliphatic rings. The van der Waals surface area contributed by atoms with Gasteiger partial charge in [-0.05, 0) is 18.8 Å². The summed E-state index contributed by atoms with van der Waals surface area (Å²) >= 11 is 0. The molecule has 1 aromatic rings. The van der Waals surface area contributed by atoms with Crippen LogP contribution < -0.4 is 5.73 Å². The molecule has 0 saturated carbocycles. The SMILES string of the molecule is CC1CCc2onc(CN)c2C1. The van der Waals surface area contributed by atoms with Gasteiger partial charge in [0.15, 0.2) is 0 Å². The second-order valence-electron chi connectivity index (χ2n) is 3.58. The molecule has 0 aromatic carbocycles. The number of fused-ring (bicyclic) bond motifs is 1. The van der Waals surface area contributed by atoms with Crippen LogP contribution in [0.5, 0.6) is 0 Å². The molecule has 3 nitrogen and oxygen atoms in total. The highest BCUT2D eigenvalue weighted by Gasteiger charge is 2.22. The van der Waals surface area contributed by atoms with Crippen molar-refractivity contribution in [1.29, 1.82) is 0 Å². The quantitative estimate of drug-likeness (QED) is 0.683. The van der Waals surface area contributed by atoms with Gasteiger partial charge in [0.05, 0.1) is 0 Å². The molecule has 1 aromatic heterocycles. The van der Waals surface area contributed by atoms with E-state index in [4.69, 9.17) is 10.3 Å². The lowest BCUT2D eigenvalue weighted by atomic mass is 9.88. The van der Waals surface area contributed by atoms with Crippen molar-refractivity contribution in [2.75, 3.05) is 0 Å². The third-order valence-electron chi connectivity index (χ3n) is 2.56. The molecule has 0 radical (unpaired) electrons. The van der Waals surface area contributed by atoms with Crippen molar-refractivity contribution in [1.82, 2.24) is 5.16 Å². The maximum atomic E-state index is 5.54. The molecule has 12 heavy (non-hydrogen) atoms. The lowest BCUT2D eigenvalue weighted by molar-refractivity contribution is 0.353. The number of aromatic nitrogens is 1. The molecule has 0 aliphatic heterocycles. The van der Waals surface area contributed by atoms with Gasteiger partial charge in [0.1, 0.15) is 11.5 Å². The number of hydrogen-bond donors (Lipinski definition) is 1. The molecule has 0 amide bonds. The third kappa shape index (κ3) is 1.14. The van der Waals surface area contributed by atoms with Crippen molar-refractivity contribution in [2.24, 2.45) is 11.7 Å². The Balaban J connectivity index is 2.34. The molecule has 1 unspecified atom stereocenters. The molecular formula is C9H14N2O. The second-order valence-corrected chi connectivity index (χ2v) is 3.58. The Labute approximate surface area is 71.9 Å². The average molecular weight is 166 g/mol. The minimum atomic E-state index is 0.506. The van der Waals surface area contributed by atoms with Gasteiger partial charge in [-0.3, -0.25) is 0 Å². The highest BCUT2D eigenvalue weighted by Crippen LogP contribution is 2.27. The first-order valence-corrected chi connectivity index (χ1v) is 4.47. The van der Waals surface area contributed by atoms with Crippen LogP contribution in [0.25, 0.3) is 0 Å². The maximum Gasteiger partial charge on any atom is 0.140 e. The Morgan fingerprint density at radius 2 is 2.50 bits per heavy atom. The summed E-state index contributed by atoms with van der Waals surface area (Å²) in [6.45, 7) is 2.77. The van der Waals surface area contributed by atoms with Gasteiger partial charge in [0, 0.05) is 18.5 Å². The van der Waals surface area contributed by atoms with Gasteiger partial charge in [-0.2, -0.15) is 0 Å². The van der Waals surface area contributed by atoms with Gasteiger partial charge in [-0.25, -0.2) is 0 Å². The Morgan fingerprint density at radius 1 is 1.67 bits per heavy atom. The molecule has 0 bridgehead atoms. The lowest BCUT2D eigenvalue weighted by Crippen LogP contribution is -2.12. The van der Waals surface area contributed by atoms with E-state index in [1.54, 1.807) is 0 Å². The van der Waals surface area contributed by atoms with Crippen molar-refractivity contribution in [3.63, 3.8) is 0 Å². The normalized spacial score (nSPS) is 22.3. The van der Waals surface area contributed by atoms with Crippen molar-refractivity contribution in [3.8, 4) is 0 Å². The number of rotatable bonds is 1. The van der Waals surface area contributed by atoms with Crippen LogP contribution >= 0.6 is 0 Å². The van der Waals surface area contributed by atoms with E-state index in [1.165, 1.54) is 12.0 Å². The Morgan fingerprint density at radius 3 is 3.25 bits per heavy atom. The van der Waals surface area contributed by atoms with Crippen LogP contribution in [0.15, 0.2) is 4.52 Å². The van der Waals surface area contributed by atoms with Gasteiger partial charge in [-0.15, -0.1) is 0 Å². The second kappa shape index (κ2) is 2.90. The standard InChI is InChI=1S/C9H14N2O/c1-6-2-3-9-7(4-6)8(5-10)11-12-9/h6H,2-5,10H2,1H3. The average Bonchev–Trinajstić information content (AvgIpc) is 2.46. The summed E-state index contributed by atoms with van der Waals surface area (Å²) in [4.78, 5) is 0. The van der Waals surface area contributed by atoms with Crippen LogP contribution in [0.2, 0.25) is 0 Å². The molecule has 66 valence electrons.